The second-order valence-corrected chi connectivity index (χ2v) is 9.57. The van der Waals surface area contributed by atoms with E-state index in [1.54, 1.807) is 5.56 Å². The van der Waals surface area contributed by atoms with Gasteiger partial charge in [0, 0.05) is 6.42 Å². The summed E-state index contributed by atoms with van der Waals surface area (Å²) in [6.07, 6.45) is 7.10. The van der Waals surface area contributed by atoms with Gasteiger partial charge < -0.3 is 0 Å². The summed E-state index contributed by atoms with van der Waals surface area (Å²) < 4.78 is 0. The van der Waals surface area contributed by atoms with Gasteiger partial charge in [0.15, 0.2) is 0 Å². The first-order valence-electron chi connectivity index (χ1n) is 7.65. The second-order valence-electron chi connectivity index (χ2n) is 5.84. The van der Waals surface area contributed by atoms with E-state index in [1.165, 1.54) is 35.1 Å². The molecule has 0 aromatic heterocycles. The van der Waals surface area contributed by atoms with Crippen LogP contribution in [0, 0.1) is 6.42 Å². The maximum absolute atomic E-state index is 4.93. The van der Waals surface area contributed by atoms with Crippen molar-refractivity contribution in [1.29, 1.82) is 0 Å². The fourth-order valence-electron chi connectivity index (χ4n) is 2.67. The summed E-state index contributed by atoms with van der Waals surface area (Å²) in [5, 5.41) is 0. The summed E-state index contributed by atoms with van der Waals surface area (Å²) >= 11 is -0.826. The van der Waals surface area contributed by atoms with E-state index in [2.05, 4.69) is 59.2 Å². The van der Waals surface area contributed by atoms with Gasteiger partial charge in [-0.1, -0.05) is 51.5 Å². The first-order valence-corrected chi connectivity index (χ1v) is 14.0. The Morgan fingerprint density at radius 2 is 1.62 bits per heavy atom. The van der Waals surface area contributed by atoms with E-state index < -0.39 is 20.8 Å². The van der Waals surface area contributed by atoms with Gasteiger partial charge in [-0.05, 0) is 53.9 Å². The molecule has 1 aliphatic carbocycles. The molecule has 21 heavy (non-hydrogen) atoms. The fraction of sp³-hybridized carbons (Fsp3) is 0.500. The molecule has 115 valence electrons. The maximum atomic E-state index is 4.93. The van der Waals surface area contributed by atoms with Gasteiger partial charge in [0.1, 0.15) is 0 Å². The molecule has 0 heterocycles. The second kappa shape index (κ2) is 9.54. The Morgan fingerprint density at radius 1 is 1.05 bits per heavy atom. The van der Waals surface area contributed by atoms with Crippen LogP contribution >= 0.6 is 17.0 Å². The molecule has 0 bridgehead atoms. The van der Waals surface area contributed by atoms with Crippen LogP contribution in [0.15, 0.2) is 17.7 Å². The SMILES string of the molecule is CCC(C)c1cc2c(c(C(C)CC)c1)C=C(C)[CH]2.[Cl][Zr][Cl]. The Morgan fingerprint density at radius 3 is 2.14 bits per heavy atom. The normalized spacial score (nSPS) is 15.5. The number of hydrogen-bond acceptors (Lipinski definition) is 0. The molecule has 0 saturated carbocycles. The molecule has 0 nitrogen and oxygen atoms in total. The van der Waals surface area contributed by atoms with Crippen LogP contribution in [-0.4, -0.2) is 0 Å². The third-order valence-corrected chi connectivity index (χ3v) is 4.35. The van der Waals surface area contributed by atoms with Crippen LogP contribution in [0.4, 0.5) is 0 Å². The molecule has 1 aliphatic rings. The Kier molecular flexibility index (Phi) is 8.84. The molecular weight excluding hydrogens is 378 g/mol. The van der Waals surface area contributed by atoms with E-state index in [4.69, 9.17) is 17.0 Å². The van der Waals surface area contributed by atoms with Crippen LogP contribution in [0.2, 0.25) is 0 Å². The Labute approximate surface area is 149 Å². The summed E-state index contributed by atoms with van der Waals surface area (Å²) in [6.45, 7) is 11.4. The fourth-order valence-corrected chi connectivity index (χ4v) is 2.67. The zero-order valence-electron chi connectivity index (χ0n) is 13.6. The summed E-state index contributed by atoms with van der Waals surface area (Å²) in [5.41, 5.74) is 7.33. The molecule has 0 saturated heterocycles. The van der Waals surface area contributed by atoms with Gasteiger partial charge in [-0.15, -0.1) is 0 Å². The standard InChI is InChI=1S/C18H25.2ClH.Zr/c1-6-13(4)15-10-16-8-12(3)9-18(16)17(11-15)14(5)7-2;;;/h8-11,13-14H,6-7H2,1-5H3;2*1H;/q;;;+2/p-2. The molecule has 0 spiro atoms. The van der Waals surface area contributed by atoms with Crippen LogP contribution in [0.1, 0.15) is 81.5 Å². The Balaban J connectivity index is 0.000000677. The monoisotopic (exact) mass is 401 g/mol. The van der Waals surface area contributed by atoms with E-state index in [0.717, 1.165) is 0 Å². The van der Waals surface area contributed by atoms with Crippen LogP contribution in [0.5, 0.6) is 0 Å². The van der Waals surface area contributed by atoms with Crippen LogP contribution in [0.3, 0.4) is 0 Å². The average molecular weight is 404 g/mol. The van der Waals surface area contributed by atoms with Gasteiger partial charge >= 0.3 is 37.9 Å². The summed E-state index contributed by atoms with van der Waals surface area (Å²) in [7, 11) is 9.87. The molecule has 2 atom stereocenters. The molecule has 1 radical (unpaired) electrons. The first kappa shape index (κ1) is 19.5. The molecule has 0 aliphatic heterocycles. The van der Waals surface area contributed by atoms with Crippen LogP contribution in [-0.2, 0) is 20.8 Å². The predicted octanol–water partition coefficient (Wildman–Crippen LogP) is 7.06. The quantitative estimate of drug-likeness (QED) is 0.505. The molecule has 1 aromatic rings. The van der Waals surface area contributed by atoms with Gasteiger partial charge in [0.25, 0.3) is 0 Å². The number of fused-ring (bicyclic) bond motifs is 1. The minimum absolute atomic E-state index is 0.651. The zero-order chi connectivity index (χ0) is 16.0. The number of halogens is 2. The third kappa shape index (κ3) is 5.23. The van der Waals surface area contributed by atoms with Crippen molar-refractivity contribution in [3.63, 3.8) is 0 Å². The van der Waals surface area contributed by atoms with E-state index in [-0.39, 0.29) is 0 Å². The van der Waals surface area contributed by atoms with Gasteiger partial charge in [-0.25, -0.2) is 0 Å². The summed E-state index contributed by atoms with van der Waals surface area (Å²) in [4.78, 5) is 0. The third-order valence-electron chi connectivity index (χ3n) is 4.35. The van der Waals surface area contributed by atoms with Crippen LogP contribution < -0.4 is 0 Å². The predicted molar refractivity (Wildman–Crippen MR) is 92.6 cm³/mol. The Bertz CT molecular complexity index is 494. The Hall–Kier alpha value is 0.423. The molecule has 2 unspecified atom stereocenters. The van der Waals surface area contributed by atoms with Gasteiger partial charge in [0.2, 0.25) is 0 Å². The number of rotatable bonds is 4. The van der Waals surface area contributed by atoms with Gasteiger partial charge in [-0.2, -0.15) is 0 Å². The van der Waals surface area contributed by atoms with E-state index in [0.29, 0.717) is 11.8 Å². The molecule has 0 fully saturated rings. The summed E-state index contributed by atoms with van der Waals surface area (Å²) in [6, 6.07) is 4.84. The first-order chi connectivity index (χ1) is 9.98. The topological polar surface area (TPSA) is 0 Å². The zero-order valence-corrected chi connectivity index (χ0v) is 17.6. The van der Waals surface area contributed by atoms with E-state index in [9.17, 15) is 0 Å². The summed E-state index contributed by atoms with van der Waals surface area (Å²) in [5.74, 6) is 1.31. The number of allylic oxidation sites excluding steroid dienone is 1. The average Bonchev–Trinajstić information content (AvgIpc) is 2.85. The molecular formula is C18H25Cl2Zr. The number of benzene rings is 1. The molecule has 0 amide bonds. The van der Waals surface area contributed by atoms with E-state index >= 15 is 0 Å². The van der Waals surface area contributed by atoms with Crippen LogP contribution in [0.25, 0.3) is 6.08 Å². The van der Waals surface area contributed by atoms with Crippen molar-refractivity contribution in [2.75, 3.05) is 0 Å². The molecule has 0 N–H and O–H groups in total. The van der Waals surface area contributed by atoms with Gasteiger partial charge in [0.05, 0.1) is 0 Å². The van der Waals surface area contributed by atoms with E-state index in [1.807, 2.05) is 0 Å². The van der Waals surface area contributed by atoms with Gasteiger partial charge in [-0.3, -0.25) is 0 Å². The van der Waals surface area contributed by atoms with Crippen molar-refractivity contribution >= 4 is 23.1 Å². The van der Waals surface area contributed by atoms with Crippen molar-refractivity contribution in [3.05, 3.63) is 46.4 Å². The molecule has 1 aromatic carbocycles. The van der Waals surface area contributed by atoms with Crippen molar-refractivity contribution in [2.45, 2.75) is 59.3 Å². The minimum atomic E-state index is -0.826. The molecule has 2 rings (SSSR count). The number of hydrogen-bond donors (Lipinski definition) is 0. The van der Waals surface area contributed by atoms with Crippen molar-refractivity contribution in [3.8, 4) is 0 Å². The molecule has 3 heteroatoms. The van der Waals surface area contributed by atoms with Crippen molar-refractivity contribution in [2.24, 2.45) is 0 Å². The van der Waals surface area contributed by atoms with Crippen molar-refractivity contribution in [1.82, 2.24) is 0 Å². The van der Waals surface area contributed by atoms with Crippen molar-refractivity contribution < 1.29 is 20.8 Å².